The Morgan fingerprint density at radius 1 is 1.37 bits per heavy atom. The molecule has 5 heteroatoms. The molecule has 1 N–H and O–H groups in total. The van der Waals surface area contributed by atoms with Crippen molar-refractivity contribution in [3.8, 4) is 0 Å². The smallest absolute Gasteiger partial charge is 0.138 e. The van der Waals surface area contributed by atoms with Gasteiger partial charge in [0.15, 0.2) is 0 Å². The molecule has 0 bridgehead atoms. The standard InChI is InChI=1S/C14H20N4O/c1-10-14(11(2)19-17-10)9-18-5-3-12(4-6-18)13-7-15-16-8-13/h7-8,12H,3-6,9H2,1-2H3,(H,15,16). The Kier molecular flexibility index (Phi) is 3.38. The summed E-state index contributed by atoms with van der Waals surface area (Å²) < 4.78 is 5.23. The minimum absolute atomic E-state index is 0.652. The lowest BCUT2D eigenvalue weighted by Crippen LogP contribution is -2.32. The van der Waals surface area contributed by atoms with Crippen LogP contribution in [0.25, 0.3) is 0 Å². The number of H-pyrrole nitrogens is 1. The third-order valence-electron chi connectivity index (χ3n) is 4.14. The third kappa shape index (κ3) is 2.56. The Morgan fingerprint density at radius 3 is 2.74 bits per heavy atom. The Balaban J connectivity index is 1.59. The molecular weight excluding hydrogens is 240 g/mol. The fourth-order valence-electron chi connectivity index (χ4n) is 2.86. The Bertz CT molecular complexity index is 504. The van der Waals surface area contributed by atoms with E-state index < -0.39 is 0 Å². The molecule has 0 unspecified atom stereocenters. The van der Waals surface area contributed by atoms with Gasteiger partial charge >= 0.3 is 0 Å². The fourth-order valence-corrected chi connectivity index (χ4v) is 2.86. The van der Waals surface area contributed by atoms with Gasteiger partial charge in [-0.15, -0.1) is 0 Å². The maximum atomic E-state index is 5.23. The van der Waals surface area contributed by atoms with Crippen molar-refractivity contribution in [2.45, 2.75) is 39.2 Å². The van der Waals surface area contributed by atoms with E-state index in [0.29, 0.717) is 5.92 Å². The average Bonchev–Trinajstić information content (AvgIpc) is 3.05. The first kappa shape index (κ1) is 12.4. The molecule has 3 heterocycles. The van der Waals surface area contributed by atoms with E-state index >= 15 is 0 Å². The predicted molar refractivity (Wildman–Crippen MR) is 71.8 cm³/mol. The first-order chi connectivity index (χ1) is 9.24. The van der Waals surface area contributed by atoms with Crippen molar-refractivity contribution >= 4 is 0 Å². The highest BCUT2D eigenvalue weighted by Gasteiger charge is 2.22. The second-order valence-electron chi connectivity index (χ2n) is 5.38. The van der Waals surface area contributed by atoms with Crippen LogP contribution in [-0.2, 0) is 6.54 Å². The molecule has 19 heavy (non-hydrogen) atoms. The van der Waals surface area contributed by atoms with Crippen molar-refractivity contribution in [3.05, 3.63) is 35.0 Å². The molecule has 0 spiro atoms. The summed E-state index contributed by atoms with van der Waals surface area (Å²) in [7, 11) is 0. The molecule has 0 saturated carbocycles. The zero-order chi connectivity index (χ0) is 13.2. The second-order valence-corrected chi connectivity index (χ2v) is 5.38. The summed E-state index contributed by atoms with van der Waals surface area (Å²) in [5.74, 6) is 1.61. The highest BCUT2D eigenvalue weighted by Crippen LogP contribution is 2.28. The quantitative estimate of drug-likeness (QED) is 0.920. The Morgan fingerprint density at radius 2 is 2.16 bits per heavy atom. The van der Waals surface area contributed by atoms with E-state index in [1.165, 1.54) is 24.0 Å². The second kappa shape index (κ2) is 5.17. The molecule has 1 fully saturated rings. The van der Waals surface area contributed by atoms with Gasteiger partial charge in [-0.2, -0.15) is 5.10 Å². The molecule has 102 valence electrons. The number of piperidine rings is 1. The third-order valence-corrected chi connectivity index (χ3v) is 4.14. The first-order valence-electron chi connectivity index (χ1n) is 6.87. The van der Waals surface area contributed by atoms with E-state index in [0.717, 1.165) is 31.1 Å². The molecule has 1 aliphatic rings. The number of hydrogen-bond donors (Lipinski definition) is 1. The van der Waals surface area contributed by atoms with E-state index in [1.54, 1.807) is 0 Å². The number of aryl methyl sites for hydroxylation is 2. The van der Waals surface area contributed by atoms with Gasteiger partial charge in [0.2, 0.25) is 0 Å². The van der Waals surface area contributed by atoms with Gasteiger partial charge in [-0.1, -0.05) is 5.16 Å². The summed E-state index contributed by atoms with van der Waals surface area (Å²) in [5.41, 5.74) is 3.62. The van der Waals surface area contributed by atoms with Crippen molar-refractivity contribution in [1.29, 1.82) is 0 Å². The fraction of sp³-hybridized carbons (Fsp3) is 0.571. The normalized spacial score (nSPS) is 18.0. The monoisotopic (exact) mass is 260 g/mol. The van der Waals surface area contributed by atoms with Gasteiger partial charge in [0.05, 0.1) is 11.9 Å². The summed E-state index contributed by atoms with van der Waals surface area (Å²) in [6, 6.07) is 0. The van der Waals surface area contributed by atoms with Crippen LogP contribution in [0.15, 0.2) is 16.9 Å². The maximum absolute atomic E-state index is 5.23. The Hall–Kier alpha value is -1.62. The van der Waals surface area contributed by atoms with Crippen LogP contribution in [0.4, 0.5) is 0 Å². The summed E-state index contributed by atoms with van der Waals surface area (Å²) in [4.78, 5) is 2.49. The van der Waals surface area contributed by atoms with Crippen LogP contribution in [0, 0.1) is 13.8 Å². The zero-order valence-electron chi connectivity index (χ0n) is 11.5. The van der Waals surface area contributed by atoms with Gasteiger partial charge < -0.3 is 4.52 Å². The van der Waals surface area contributed by atoms with Gasteiger partial charge in [-0.25, -0.2) is 0 Å². The number of likely N-dealkylation sites (tertiary alicyclic amines) is 1. The predicted octanol–water partition coefficient (Wildman–Crippen LogP) is 2.39. The van der Waals surface area contributed by atoms with Crippen LogP contribution < -0.4 is 0 Å². The first-order valence-corrected chi connectivity index (χ1v) is 6.87. The number of nitrogens with zero attached hydrogens (tertiary/aromatic N) is 3. The van der Waals surface area contributed by atoms with Crippen LogP contribution in [0.3, 0.4) is 0 Å². The van der Waals surface area contributed by atoms with E-state index in [2.05, 4.69) is 20.3 Å². The molecule has 0 aliphatic carbocycles. The molecule has 1 saturated heterocycles. The SMILES string of the molecule is Cc1noc(C)c1CN1CCC(c2cn[nH]c2)CC1. The van der Waals surface area contributed by atoms with Crippen LogP contribution in [0.5, 0.6) is 0 Å². The summed E-state index contributed by atoms with van der Waals surface area (Å²) in [6.07, 6.45) is 6.37. The number of aromatic amines is 1. The topological polar surface area (TPSA) is 58.0 Å². The lowest BCUT2D eigenvalue weighted by Gasteiger charge is -2.31. The summed E-state index contributed by atoms with van der Waals surface area (Å²) in [5, 5.41) is 11.0. The Labute approximate surface area is 113 Å². The lowest BCUT2D eigenvalue weighted by atomic mass is 9.91. The molecular formula is C14H20N4O. The van der Waals surface area contributed by atoms with Gasteiger partial charge in [-0.05, 0) is 51.3 Å². The molecule has 0 amide bonds. The summed E-state index contributed by atoms with van der Waals surface area (Å²) >= 11 is 0. The number of aromatic nitrogens is 3. The summed E-state index contributed by atoms with van der Waals surface area (Å²) in [6.45, 7) is 7.22. The lowest BCUT2D eigenvalue weighted by molar-refractivity contribution is 0.203. The van der Waals surface area contributed by atoms with Crippen LogP contribution in [0.1, 0.15) is 41.3 Å². The van der Waals surface area contributed by atoms with Gasteiger partial charge in [0.25, 0.3) is 0 Å². The minimum atomic E-state index is 0.652. The molecule has 0 atom stereocenters. The molecule has 5 nitrogen and oxygen atoms in total. The highest BCUT2D eigenvalue weighted by molar-refractivity contribution is 5.20. The molecule has 2 aromatic rings. The van der Waals surface area contributed by atoms with Crippen molar-refractivity contribution in [2.24, 2.45) is 0 Å². The van der Waals surface area contributed by atoms with Gasteiger partial charge in [-0.3, -0.25) is 10.00 Å². The molecule has 2 aromatic heterocycles. The molecule has 0 aromatic carbocycles. The molecule has 1 aliphatic heterocycles. The number of hydrogen-bond acceptors (Lipinski definition) is 4. The van der Waals surface area contributed by atoms with E-state index in [9.17, 15) is 0 Å². The zero-order valence-corrected chi connectivity index (χ0v) is 11.5. The van der Waals surface area contributed by atoms with Crippen molar-refractivity contribution in [2.75, 3.05) is 13.1 Å². The van der Waals surface area contributed by atoms with Crippen molar-refractivity contribution in [1.82, 2.24) is 20.3 Å². The minimum Gasteiger partial charge on any atom is -0.361 e. The number of rotatable bonds is 3. The van der Waals surface area contributed by atoms with Crippen LogP contribution in [-0.4, -0.2) is 33.3 Å². The molecule has 0 radical (unpaired) electrons. The van der Waals surface area contributed by atoms with Crippen LogP contribution in [0.2, 0.25) is 0 Å². The number of nitrogens with one attached hydrogen (secondary N) is 1. The highest BCUT2D eigenvalue weighted by atomic mass is 16.5. The van der Waals surface area contributed by atoms with E-state index in [-0.39, 0.29) is 0 Å². The van der Waals surface area contributed by atoms with Crippen molar-refractivity contribution < 1.29 is 4.52 Å². The van der Waals surface area contributed by atoms with Gasteiger partial charge in [0.1, 0.15) is 5.76 Å². The van der Waals surface area contributed by atoms with Crippen molar-refractivity contribution in [3.63, 3.8) is 0 Å². The largest absolute Gasteiger partial charge is 0.361 e. The van der Waals surface area contributed by atoms with Crippen LogP contribution >= 0.6 is 0 Å². The maximum Gasteiger partial charge on any atom is 0.138 e. The molecule has 3 rings (SSSR count). The van der Waals surface area contributed by atoms with E-state index in [1.807, 2.05) is 26.2 Å². The average molecular weight is 260 g/mol. The van der Waals surface area contributed by atoms with E-state index in [4.69, 9.17) is 4.52 Å². The van der Waals surface area contributed by atoms with Gasteiger partial charge in [0, 0.05) is 18.3 Å².